The highest BCUT2D eigenvalue weighted by Crippen LogP contribution is 2.40. The molecule has 1 aliphatic rings. The number of nitrogens with zero attached hydrogens (tertiary/aromatic N) is 1. The van der Waals surface area contributed by atoms with Crippen molar-refractivity contribution in [1.82, 2.24) is 0 Å². The van der Waals surface area contributed by atoms with Crippen LogP contribution in [0.5, 0.6) is 0 Å². The molecule has 2 N–H and O–H groups in total. The molecule has 0 bridgehead atoms. The second-order valence-electron chi connectivity index (χ2n) is 4.72. The summed E-state index contributed by atoms with van der Waals surface area (Å²) in [6.07, 6.45) is 2.57. The van der Waals surface area contributed by atoms with E-state index in [2.05, 4.69) is 4.90 Å². The maximum Gasteiger partial charge on any atom is 0.343 e. The first-order valence-electron chi connectivity index (χ1n) is 6.97. The van der Waals surface area contributed by atoms with Gasteiger partial charge < -0.3 is 15.4 Å². The highest BCUT2D eigenvalue weighted by molar-refractivity contribution is 7.19. The third-order valence-electron chi connectivity index (χ3n) is 3.37. The van der Waals surface area contributed by atoms with E-state index in [1.165, 1.54) is 11.3 Å². The van der Waals surface area contributed by atoms with Gasteiger partial charge in [0.2, 0.25) is 0 Å². The van der Waals surface area contributed by atoms with Crippen LogP contribution >= 0.6 is 11.3 Å². The van der Waals surface area contributed by atoms with Crippen molar-refractivity contribution in [2.24, 2.45) is 0 Å². The Labute approximate surface area is 122 Å². The molecule has 1 aliphatic heterocycles. The fourth-order valence-corrected chi connectivity index (χ4v) is 3.61. The maximum absolute atomic E-state index is 12.1. The highest BCUT2D eigenvalue weighted by Gasteiger charge is 2.29. The summed E-state index contributed by atoms with van der Waals surface area (Å²) < 4.78 is 5.09. The number of ketones is 1. The van der Waals surface area contributed by atoms with Crippen LogP contribution < -0.4 is 10.6 Å². The monoisotopic (exact) mass is 296 g/mol. The van der Waals surface area contributed by atoms with Gasteiger partial charge in [-0.1, -0.05) is 6.92 Å². The van der Waals surface area contributed by atoms with Crippen LogP contribution in [0.2, 0.25) is 0 Å². The summed E-state index contributed by atoms with van der Waals surface area (Å²) in [6.45, 7) is 5.64. The van der Waals surface area contributed by atoms with E-state index < -0.39 is 5.97 Å². The van der Waals surface area contributed by atoms with Gasteiger partial charge in [0, 0.05) is 19.5 Å². The van der Waals surface area contributed by atoms with E-state index in [-0.39, 0.29) is 11.5 Å². The van der Waals surface area contributed by atoms with Crippen LogP contribution in [0.25, 0.3) is 0 Å². The molecule has 1 fully saturated rings. The minimum Gasteiger partial charge on any atom is -0.462 e. The molecule has 1 aromatic rings. The van der Waals surface area contributed by atoms with Gasteiger partial charge in [-0.3, -0.25) is 4.79 Å². The minimum atomic E-state index is -0.432. The van der Waals surface area contributed by atoms with Crippen molar-refractivity contribution in [3.05, 3.63) is 10.4 Å². The van der Waals surface area contributed by atoms with E-state index in [1.54, 1.807) is 13.8 Å². The Balaban J connectivity index is 2.46. The lowest BCUT2D eigenvalue weighted by molar-refractivity contribution is 0.0529. The van der Waals surface area contributed by atoms with Gasteiger partial charge in [0.15, 0.2) is 5.78 Å². The van der Waals surface area contributed by atoms with Gasteiger partial charge in [-0.05, 0) is 19.8 Å². The van der Waals surface area contributed by atoms with Gasteiger partial charge in [0.1, 0.15) is 10.6 Å². The SMILES string of the molecule is CCOC(=O)c1c(N2CCCC2)sc(C(=O)CC)c1N. The zero-order valence-electron chi connectivity index (χ0n) is 11.9. The van der Waals surface area contributed by atoms with Crippen molar-refractivity contribution >= 4 is 33.8 Å². The van der Waals surface area contributed by atoms with Crippen molar-refractivity contribution in [1.29, 1.82) is 0 Å². The fraction of sp³-hybridized carbons (Fsp3) is 0.571. The lowest BCUT2D eigenvalue weighted by Crippen LogP contribution is -2.20. The van der Waals surface area contributed by atoms with Gasteiger partial charge in [-0.15, -0.1) is 11.3 Å². The maximum atomic E-state index is 12.1. The number of hydrogen-bond donors (Lipinski definition) is 1. The van der Waals surface area contributed by atoms with Crippen molar-refractivity contribution in [2.45, 2.75) is 33.1 Å². The predicted octanol–water partition coefficient (Wildman–Crippen LogP) is 2.70. The topological polar surface area (TPSA) is 72.6 Å². The number of esters is 1. The van der Waals surface area contributed by atoms with Crippen LogP contribution in [0.1, 0.15) is 53.1 Å². The Hall–Kier alpha value is -1.56. The Kier molecular flexibility index (Phi) is 4.65. The third-order valence-corrected chi connectivity index (χ3v) is 4.68. The van der Waals surface area contributed by atoms with Crippen LogP contribution in [-0.4, -0.2) is 31.4 Å². The fourth-order valence-electron chi connectivity index (χ4n) is 2.34. The highest BCUT2D eigenvalue weighted by atomic mass is 32.1. The van der Waals surface area contributed by atoms with Gasteiger partial charge in [-0.2, -0.15) is 0 Å². The van der Waals surface area contributed by atoms with Crippen LogP contribution in [0, 0.1) is 0 Å². The number of Topliss-reactive ketones (excluding diaryl/α,β-unsaturated/α-hetero) is 1. The summed E-state index contributed by atoms with van der Waals surface area (Å²) in [7, 11) is 0. The second-order valence-corrected chi connectivity index (χ2v) is 5.72. The molecule has 20 heavy (non-hydrogen) atoms. The molecule has 5 nitrogen and oxygen atoms in total. The van der Waals surface area contributed by atoms with Gasteiger partial charge >= 0.3 is 5.97 Å². The standard InChI is InChI=1S/C14H20N2O3S/c1-3-9(17)12-11(15)10(14(18)19-4-2)13(20-12)16-7-5-6-8-16/h3-8,15H2,1-2H3. The van der Waals surface area contributed by atoms with Crippen LogP contribution in [-0.2, 0) is 4.74 Å². The number of ether oxygens (including phenoxy) is 1. The van der Waals surface area contributed by atoms with Gasteiger partial charge in [0.05, 0.1) is 17.2 Å². The molecular formula is C14H20N2O3S. The molecule has 1 saturated heterocycles. The van der Waals surface area contributed by atoms with Crippen molar-refractivity contribution < 1.29 is 14.3 Å². The Morgan fingerprint density at radius 2 is 1.95 bits per heavy atom. The van der Waals surface area contributed by atoms with Crippen LogP contribution in [0.3, 0.4) is 0 Å². The third kappa shape index (κ3) is 2.65. The Morgan fingerprint density at radius 1 is 1.30 bits per heavy atom. The Morgan fingerprint density at radius 3 is 2.50 bits per heavy atom. The average molecular weight is 296 g/mol. The molecule has 0 aromatic carbocycles. The van der Waals surface area contributed by atoms with Crippen molar-refractivity contribution in [3.63, 3.8) is 0 Å². The molecule has 0 amide bonds. The Bertz CT molecular complexity index is 519. The molecule has 110 valence electrons. The number of carbonyl (C=O) groups is 2. The number of hydrogen-bond acceptors (Lipinski definition) is 6. The lowest BCUT2D eigenvalue weighted by Gasteiger charge is -2.16. The van der Waals surface area contributed by atoms with E-state index >= 15 is 0 Å². The predicted molar refractivity (Wildman–Crippen MR) is 80.8 cm³/mol. The normalized spacial score (nSPS) is 14.6. The van der Waals surface area contributed by atoms with Gasteiger partial charge in [-0.25, -0.2) is 4.79 Å². The number of nitrogens with two attached hydrogens (primary N) is 1. The summed E-state index contributed by atoms with van der Waals surface area (Å²) in [5.41, 5.74) is 6.69. The van der Waals surface area contributed by atoms with Crippen molar-refractivity contribution in [2.75, 3.05) is 30.3 Å². The molecule has 1 aromatic heterocycles. The molecular weight excluding hydrogens is 276 g/mol. The molecule has 2 heterocycles. The quantitative estimate of drug-likeness (QED) is 0.668. The number of nitrogen functional groups attached to an aromatic ring is 1. The van der Waals surface area contributed by atoms with Crippen LogP contribution in [0.15, 0.2) is 0 Å². The zero-order valence-corrected chi connectivity index (χ0v) is 12.7. The lowest BCUT2D eigenvalue weighted by atomic mass is 10.1. The van der Waals surface area contributed by atoms with Crippen molar-refractivity contribution in [3.8, 4) is 0 Å². The number of thiophene rings is 1. The van der Waals surface area contributed by atoms with E-state index in [0.29, 0.717) is 23.5 Å². The summed E-state index contributed by atoms with van der Waals surface area (Å²) in [6, 6.07) is 0. The molecule has 0 spiro atoms. The number of carbonyl (C=O) groups excluding carboxylic acids is 2. The molecule has 2 rings (SSSR count). The molecule has 6 heteroatoms. The summed E-state index contributed by atoms with van der Waals surface area (Å²) >= 11 is 1.32. The molecule has 0 unspecified atom stereocenters. The molecule has 0 aliphatic carbocycles. The van der Waals surface area contributed by atoms with Gasteiger partial charge in [0.25, 0.3) is 0 Å². The molecule has 0 saturated carbocycles. The summed E-state index contributed by atoms with van der Waals surface area (Å²) in [5, 5.41) is 0.787. The zero-order chi connectivity index (χ0) is 14.7. The average Bonchev–Trinajstić information content (AvgIpc) is 3.05. The first-order chi connectivity index (χ1) is 9.60. The first-order valence-corrected chi connectivity index (χ1v) is 7.79. The van der Waals surface area contributed by atoms with Crippen LogP contribution in [0.4, 0.5) is 10.7 Å². The van der Waals surface area contributed by atoms with E-state index in [1.807, 2.05) is 0 Å². The van der Waals surface area contributed by atoms with E-state index in [4.69, 9.17) is 10.5 Å². The minimum absolute atomic E-state index is 0.0245. The smallest absolute Gasteiger partial charge is 0.343 e. The molecule has 0 atom stereocenters. The largest absolute Gasteiger partial charge is 0.462 e. The number of anilines is 2. The number of rotatable bonds is 5. The first kappa shape index (κ1) is 14.8. The van der Waals surface area contributed by atoms with E-state index in [9.17, 15) is 9.59 Å². The second kappa shape index (κ2) is 6.26. The summed E-state index contributed by atoms with van der Waals surface area (Å²) in [4.78, 5) is 26.7. The van der Waals surface area contributed by atoms with E-state index in [0.717, 1.165) is 30.9 Å². The molecule has 0 radical (unpaired) electrons. The summed E-state index contributed by atoms with van der Waals surface area (Å²) in [5.74, 6) is -0.457.